The summed E-state index contributed by atoms with van der Waals surface area (Å²) in [6.07, 6.45) is 1.77. The molecular formula is C29H27N5O3S. The average Bonchev–Trinajstić information content (AvgIpc) is 3.43. The number of rotatable bonds is 8. The van der Waals surface area contributed by atoms with E-state index in [0.29, 0.717) is 17.0 Å². The molecule has 0 saturated carbocycles. The molecule has 192 valence electrons. The number of hydrogen-bond acceptors (Lipinski definition) is 5. The smallest absolute Gasteiger partial charge is 0.297 e. The van der Waals surface area contributed by atoms with E-state index in [4.69, 9.17) is 4.99 Å². The van der Waals surface area contributed by atoms with Gasteiger partial charge in [0.1, 0.15) is 0 Å². The SMILES string of the molecule is Cc1c(N=c2scc(-c3ccc([N+](=O)[O-])cc3)n2CCCc2ccccc2)c(=O)n(-c2ccccc2)n1C. The first-order valence-corrected chi connectivity index (χ1v) is 13.2. The van der Waals surface area contributed by atoms with Crippen molar-refractivity contribution < 1.29 is 4.92 Å². The van der Waals surface area contributed by atoms with Gasteiger partial charge < -0.3 is 4.57 Å². The van der Waals surface area contributed by atoms with Crippen LogP contribution in [0.4, 0.5) is 11.4 Å². The minimum Gasteiger partial charge on any atom is -0.316 e. The molecule has 0 amide bonds. The fraction of sp³-hybridized carbons (Fsp3) is 0.172. The van der Waals surface area contributed by atoms with Crippen molar-refractivity contribution in [2.24, 2.45) is 12.0 Å². The summed E-state index contributed by atoms with van der Waals surface area (Å²) in [6, 6.07) is 26.3. The molecule has 0 radical (unpaired) electrons. The fourth-order valence-corrected chi connectivity index (χ4v) is 5.43. The van der Waals surface area contributed by atoms with Gasteiger partial charge in [-0.1, -0.05) is 48.5 Å². The number of nitrogens with zero attached hydrogens (tertiary/aromatic N) is 5. The van der Waals surface area contributed by atoms with Crippen molar-refractivity contribution in [1.29, 1.82) is 0 Å². The van der Waals surface area contributed by atoms with Gasteiger partial charge in [0.25, 0.3) is 11.2 Å². The number of aryl methyl sites for hydroxylation is 1. The van der Waals surface area contributed by atoms with Crippen LogP contribution in [-0.2, 0) is 20.0 Å². The van der Waals surface area contributed by atoms with Crippen molar-refractivity contribution in [3.63, 3.8) is 0 Å². The standard InChI is InChI=1S/C29H27N5O3S/c1-21-27(28(35)33(31(21)2)24-13-7-4-8-14-24)30-29-32(19-9-12-22-10-5-3-6-11-22)26(20-38-29)23-15-17-25(18-16-23)34(36)37/h3-8,10-11,13-18,20H,9,12,19H2,1-2H3. The van der Waals surface area contributed by atoms with E-state index in [0.717, 1.165) is 35.5 Å². The molecule has 0 atom stereocenters. The predicted octanol–water partition coefficient (Wildman–Crippen LogP) is 5.79. The van der Waals surface area contributed by atoms with E-state index in [1.165, 1.54) is 29.0 Å². The molecule has 0 bridgehead atoms. The van der Waals surface area contributed by atoms with Gasteiger partial charge in [-0.25, -0.2) is 9.67 Å². The van der Waals surface area contributed by atoms with E-state index < -0.39 is 4.92 Å². The van der Waals surface area contributed by atoms with Crippen molar-refractivity contribution >= 4 is 22.7 Å². The largest absolute Gasteiger partial charge is 0.316 e. The Bertz CT molecular complexity index is 1700. The van der Waals surface area contributed by atoms with E-state index in [1.54, 1.807) is 16.8 Å². The van der Waals surface area contributed by atoms with Crippen molar-refractivity contribution in [2.75, 3.05) is 0 Å². The Morgan fingerprint density at radius 3 is 2.26 bits per heavy atom. The summed E-state index contributed by atoms with van der Waals surface area (Å²) < 4.78 is 5.55. The van der Waals surface area contributed by atoms with Crippen molar-refractivity contribution in [3.8, 4) is 16.9 Å². The number of thiazole rings is 1. The third-order valence-electron chi connectivity index (χ3n) is 6.59. The molecule has 0 spiro atoms. The van der Waals surface area contributed by atoms with Gasteiger partial charge in [-0.2, -0.15) is 0 Å². The zero-order chi connectivity index (χ0) is 26.6. The molecule has 5 aromatic rings. The highest BCUT2D eigenvalue weighted by molar-refractivity contribution is 7.07. The van der Waals surface area contributed by atoms with Crippen LogP contribution in [0.1, 0.15) is 17.7 Å². The lowest BCUT2D eigenvalue weighted by atomic mass is 10.1. The molecule has 2 aromatic heterocycles. The molecule has 9 heteroatoms. The highest BCUT2D eigenvalue weighted by atomic mass is 32.1. The molecule has 3 aromatic carbocycles. The minimum atomic E-state index is -0.401. The van der Waals surface area contributed by atoms with Crippen LogP contribution in [0.15, 0.2) is 100 Å². The van der Waals surface area contributed by atoms with Crippen molar-refractivity contribution in [2.45, 2.75) is 26.3 Å². The highest BCUT2D eigenvalue weighted by Crippen LogP contribution is 2.24. The third-order valence-corrected chi connectivity index (χ3v) is 7.46. The summed E-state index contributed by atoms with van der Waals surface area (Å²) in [4.78, 5) is 29.8. The number of hydrogen-bond donors (Lipinski definition) is 0. The quantitative estimate of drug-likeness (QED) is 0.190. The maximum atomic E-state index is 13.5. The number of nitro groups is 1. The lowest BCUT2D eigenvalue weighted by Gasteiger charge is -2.09. The lowest BCUT2D eigenvalue weighted by Crippen LogP contribution is -2.20. The van der Waals surface area contributed by atoms with Crippen LogP contribution < -0.4 is 10.4 Å². The lowest BCUT2D eigenvalue weighted by molar-refractivity contribution is -0.384. The summed E-state index contributed by atoms with van der Waals surface area (Å²) in [7, 11) is 1.85. The summed E-state index contributed by atoms with van der Waals surface area (Å²) in [6.45, 7) is 2.58. The Kier molecular flexibility index (Phi) is 7.19. The van der Waals surface area contributed by atoms with Crippen LogP contribution >= 0.6 is 11.3 Å². The molecule has 0 saturated heterocycles. The predicted molar refractivity (Wildman–Crippen MR) is 150 cm³/mol. The molecule has 0 aliphatic rings. The van der Waals surface area contributed by atoms with Gasteiger partial charge in [0, 0.05) is 31.1 Å². The minimum absolute atomic E-state index is 0.0471. The maximum absolute atomic E-state index is 13.5. The van der Waals surface area contributed by atoms with Gasteiger partial charge in [-0.3, -0.25) is 19.6 Å². The van der Waals surface area contributed by atoms with Gasteiger partial charge in [0.2, 0.25) is 0 Å². The van der Waals surface area contributed by atoms with Gasteiger partial charge >= 0.3 is 0 Å². The van der Waals surface area contributed by atoms with Crippen LogP contribution in [0.3, 0.4) is 0 Å². The molecular weight excluding hydrogens is 498 g/mol. The van der Waals surface area contributed by atoms with E-state index in [9.17, 15) is 14.9 Å². The van der Waals surface area contributed by atoms with Gasteiger partial charge in [-0.05, 0) is 55.2 Å². The van der Waals surface area contributed by atoms with Gasteiger partial charge in [0.05, 0.1) is 22.0 Å². The van der Waals surface area contributed by atoms with Crippen LogP contribution in [-0.4, -0.2) is 18.9 Å². The molecule has 38 heavy (non-hydrogen) atoms. The molecule has 0 unspecified atom stereocenters. The van der Waals surface area contributed by atoms with Crippen molar-refractivity contribution in [1.82, 2.24) is 13.9 Å². The van der Waals surface area contributed by atoms with E-state index in [2.05, 4.69) is 16.7 Å². The second-order valence-electron chi connectivity index (χ2n) is 8.97. The molecule has 0 aliphatic heterocycles. The Morgan fingerprint density at radius 1 is 0.947 bits per heavy atom. The zero-order valence-corrected chi connectivity index (χ0v) is 22.0. The summed E-state index contributed by atoms with van der Waals surface area (Å²) in [5, 5.41) is 13.1. The van der Waals surface area contributed by atoms with Crippen LogP contribution in [0.5, 0.6) is 0 Å². The second-order valence-corrected chi connectivity index (χ2v) is 9.81. The Labute approximate surface area is 223 Å². The average molecular weight is 526 g/mol. The normalized spacial score (nSPS) is 11.7. The number of para-hydroxylation sites is 1. The van der Waals surface area contributed by atoms with E-state index >= 15 is 0 Å². The first kappa shape index (κ1) is 25.2. The molecule has 0 N–H and O–H groups in total. The molecule has 8 nitrogen and oxygen atoms in total. The van der Waals surface area contributed by atoms with Crippen LogP contribution in [0.2, 0.25) is 0 Å². The molecule has 0 fully saturated rings. The monoisotopic (exact) mass is 525 g/mol. The first-order chi connectivity index (χ1) is 18.4. The number of non-ortho nitro benzene ring substituents is 1. The molecule has 2 heterocycles. The first-order valence-electron chi connectivity index (χ1n) is 12.3. The Balaban J connectivity index is 1.58. The summed E-state index contributed by atoms with van der Waals surface area (Å²) >= 11 is 1.46. The summed E-state index contributed by atoms with van der Waals surface area (Å²) in [5.74, 6) is 0. The van der Waals surface area contributed by atoms with E-state index in [1.807, 2.05) is 72.6 Å². The Hall–Kier alpha value is -4.50. The van der Waals surface area contributed by atoms with Gasteiger partial charge in [0.15, 0.2) is 10.5 Å². The van der Waals surface area contributed by atoms with Crippen LogP contribution in [0.25, 0.3) is 16.9 Å². The molecule has 0 aliphatic carbocycles. The van der Waals surface area contributed by atoms with E-state index in [-0.39, 0.29) is 11.2 Å². The van der Waals surface area contributed by atoms with Crippen LogP contribution in [0, 0.1) is 17.0 Å². The molecule has 5 rings (SSSR count). The number of benzene rings is 3. The number of nitro benzene ring substituents is 1. The topological polar surface area (TPSA) is 87.4 Å². The fourth-order valence-electron chi connectivity index (χ4n) is 4.48. The zero-order valence-electron chi connectivity index (χ0n) is 21.2. The Morgan fingerprint density at radius 2 is 1.61 bits per heavy atom. The van der Waals surface area contributed by atoms with Crippen molar-refractivity contribution in [3.05, 3.63) is 127 Å². The third kappa shape index (κ3) is 5.01. The maximum Gasteiger partial charge on any atom is 0.297 e. The second kappa shape index (κ2) is 10.9. The summed E-state index contributed by atoms with van der Waals surface area (Å²) in [5.41, 5.74) is 4.82. The highest BCUT2D eigenvalue weighted by Gasteiger charge is 2.17. The number of aromatic nitrogens is 3. The van der Waals surface area contributed by atoms with Gasteiger partial charge in [-0.15, -0.1) is 11.3 Å².